The van der Waals surface area contributed by atoms with Crippen LogP contribution in [0.4, 0.5) is 16.8 Å². The van der Waals surface area contributed by atoms with Crippen LogP contribution in [-0.4, -0.2) is 82.2 Å². The number of benzene rings is 1. The Kier molecular flexibility index (Phi) is 12.5. The topological polar surface area (TPSA) is 113 Å². The van der Waals surface area contributed by atoms with Gasteiger partial charge in [-0.25, -0.2) is 9.78 Å². The number of carbonyl (C=O) groups is 1. The molecule has 3 heterocycles. The molecule has 1 atom stereocenters. The summed E-state index contributed by atoms with van der Waals surface area (Å²) in [4.78, 5) is 24.5. The summed E-state index contributed by atoms with van der Waals surface area (Å²) in [6, 6.07) is 11.3. The maximum atomic E-state index is 12.3. The van der Waals surface area contributed by atoms with E-state index in [9.17, 15) is 4.79 Å². The molecule has 4 aromatic rings. The summed E-state index contributed by atoms with van der Waals surface area (Å²) >= 11 is 2.92. The minimum atomic E-state index is -2.02. The average Bonchev–Trinajstić information content (AvgIpc) is 3.64. The Morgan fingerprint density at radius 3 is 2.48 bits per heavy atom. The number of thiazole rings is 2. The molecule has 11 nitrogen and oxygen atoms in total. The third-order valence-electron chi connectivity index (χ3n) is 8.50. The van der Waals surface area contributed by atoms with Crippen LogP contribution in [0.25, 0.3) is 10.2 Å². The van der Waals surface area contributed by atoms with Crippen LogP contribution in [0.3, 0.4) is 0 Å². The van der Waals surface area contributed by atoms with Crippen LogP contribution in [0.2, 0.25) is 43.8 Å². The lowest BCUT2D eigenvalue weighted by Crippen LogP contribution is -2.44. The van der Waals surface area contributed by atoms with Crippen LogP contribution in [0.15, 0.2) is 40.7 Å². The fraction of sp³-hybridized carbons (Fsp3) is 0.545. The Bertz CT molecular complexity index is 1760. The first kappa shape index (κ1) is 38.0. The van der Waals surface area contributed by atoms with E-state index in [1.54, 1.807) is 23.8 Å². The Labute approximate surface area is 294 Å². The number of aryl methyl sites for hydroxylation is 1. The van der Waals surface area contributed by atoms with Gasteiger partial charge in [-0.3, -0.25) is 9.47 Å². The van der Waals surface area contributed by atoms with Crippen molar-refractivity contribution in [3.63, 3.8) is 0 Å². The van der Waals surface area contributed by atoms with Crippen molar-refractivity contribution in [2.75, 3.05) is 38.9 Å². The molecule has 0 amide bonds. The lowest BCUT2D eigenvalue weighted by molar-refractivity contribution is 0.0588. The molecule has 3 aromatic heterocycles. The zero-order valence-corrected chi connectivity index (χ0v) is 33.8. The number of para-hydroxylation sites is 1. The molecule has 15 heteroatoms. The van der Waals surface area contributed by atoms with E-state index in [2.05, 4.69) is 85.4 Å². The molecular weight excluding hydrogens is 681 g/mol. The number of rotatable bonds is 15. The maximum Gasteiger partial charge on any atom is 0.357 e. The summed E-state index contributed by atoms with van der Waals surface area (Å²) < 4.78 is 26.7. The molecule has 0 aliphatic carbocycles. The fourth-order valence-corrected chi connectivity index (χ4v) is 7.96. The van der Waals surface area contributed by atoms with Crippen LogP contribution in [0.1, 0.15) is 36.8 Å². The van der Waals surface area contributed by atoms with E-state index in [1.165, 1.54) is 18.4 Å². The second kappa shape index (κ2) is 15.8. The molecule has 1 aromatic carbocycles. The maximum absolute atomic E-state index is 12.3. The SMILES string of the molecule is COC(=O)c1csc(N(CC(CO[Si](C)(C)C(C)(C)C)OC)c2cc(C)c(N=c3sc4ccccc4n3COCC[Si](C)(C)C)nn2)n1. The molecule has 0 aliphatic rings. The van der Waals surface area contributed by atoms with Crippen LogP contribution in [0.5, 0.6) is 0 Å². The van der Waals surface area contributed by atoms with Crippen LogP contribution in [-0.2, 0) is 25.4 Å². The number of anilines is 2. The standard InChI is InChI=1S/C33H50N6O5S2Si2/c1-23-18-28(36-37-29(23)35-32-39(22-43-16-17-47(7,8)9)26-14-12-13-15-27(26)46-32)38(31-34-25(21-45-31)30(40)42-6)19-24(41-5)20-44-48(10,11)33(2,3)4/h12-15,18,21,24H,16-17,19-20,22H2,1-11H3. The molecule has 0 saturated carbocycles. The normalized spacial score (nSPS) is 13.7. The van der Waals surface area contributed by atoms with Crippen molar-refractivity contribution >= 4 is 72.0 Å². The van der Waals surface area contributed by atoms with Crippen molar-refractivity contribution in [2.45, 2.75) is 84.3 Å². The second-order valence-electron chi connectivity index (χ2n) is 14.5. The second-order valence-corrected chi connectivity index (χ2v) is 26.8. The summed E-state index contributed by atoms with van der Waals surface area (Å²) in [6.45, 7) is 22.0. The predicted molar refractivity (Wildman–Crippen MR) is 200 cm³/mol. The van der Waals surface area contributed by atoms with Crippen molar-refractivity contribution in [1.29, 1.82) is 0 Å². The Morgan fingerprint density at radius 2 is 1.83 bits per heavy atom. The number of hydrogen-bond donors (Lipinski definition) is 0. The molecule has 0 aliphatic heterocycles. The van der Waals surface area contributed by atoms with E-state index >= 15 is 0 Å². The molecule has 0 saturated heterocycles. The number of carbonyl (C=O) groups excluding carboxylic acids is 1. The first-order valence-corrected chi connectivity index (χ1v) is 24.4. The molecule has 0 spiro atoms. The lowest BCUT2D eigenvalue weighted by atomic mass is 10.2. The minimum Gasteiger partial charge on any atom is -0.464 e. The Morgan fingerprint density at radius 1 is 1.10 bits per heavy atom. The van der Waals surface area contributed by atoms with E-state index in [4.69, 9.17) is 23.6 Å². The van der Waals surface area contributed by atoms with E-state index < -0.39 is 22.4 Å². The zero-order valence-electron chi connectivity index (χ0n) is 30.1. The minimum absolute atomic E-state index is 0.0598. The van der Waals surface area contributed by atoms with E-state index in [1.807, 2.05) is 30.0 Å². The van der Waals surface area contributed by atoms with Gasteiger partial charge in [-0.15, -0.1) is 21.5 Å². The largest absolute Gasteiger partial charge is 0.464 e. The van der Waals surface area contributed by atoms with Gasteiger partial charge < -0.3 is 18.6 Å². The van der Waals surface area contributed by atoms with Gasteiger partial charge in [-0.2, -0.15) is 4.99 Å². The summed E-state index contributed by atoms with van der Waals surface area (Å²) in [6.07, 6.45) is -0.297. The van der Waals surface area contributed by atoms with Crippen LogP contribution < -0.4 is 9.70 Å². The van der Waals surface area contributed by atoms with E-state index in [-0.39, 0.29) is 16.8 Å². The quantitative estimate of drug-likeness (QED) is 0.0688. The van der Waals surface area contributed by atoms with Gasteiger partial charge in [0.15, 0.2) is 35.6 Å². The molecular formula is C33H50N6O5S2Si2. The number of ether oxygens (including phenoxy) is 3. The number of nitrogens with zero attached hydrogens (tertiary/aromatic N) is 6. The van der Waals surface area contributed by atoms with Crippen molar-refractivity contribution in [3.05, 3.63) is 51.8 Å². The third-order valence-corrected chi connectivity index (χ3v) is 16.6. The van der Waals surface area contributed by atoms with Crippen LogP contribution in [0, 0.1) is 6.92 Å². The molecule has 0 radical (unpaired) electrons. The zero-order chi connectivity index (χ0) is 35.3. The van der Waals surface area contributed by atoms with Crippen molar-refractivity contribution in [2.24, 2.45) is 4.99 Å². The molecule has 4 rings (SSSR count). The summed E-state index contributed by atoms with van der Waals surface area (Å²) in [5.74, 6) is 0.574. The molecule has 1 unspecified atom stereocenters. The number of methoxy groups -OCH3 is 2. The van der Waals surface area contributed by atoms with Crippen LogP contribution >= 0.6 is 22.7 Å². The van der Waals surface area contributed by atoms with Gasteiger partial charge in [0.25, 0.3) is 0 Å². The number of fused-ring (bicyclic) bond motifs is 1. The smallest absolute Gasteiger partial charge is 0.357 e. The molecule has 0 N–H and O–H groups in total. The van der Waals surface area contributed by atoms with E-state index in [0.29, 0.717) is 43.3 Å². The highest BCUT2D eigenvalue weighted by molar-refractivity contribution is 7.16. The lowest BCUT2D eigenvalue weighted by Gasteiger charge is -2.37. The van der Waals surface area contributed by atoms with Crippen molar-refractivity contribution in [1.82, 2.24) is 19.7 Å². The average molecular weight is 731 g/mol. The first-order valence-electron chi connectivity index (χ1n) is 16.1. The summed E-state index contributed by atoms with van der Waals surface area (Å²) in [5, 5.41) is 11.5. The molecule has 262 valence electrons. The highest BCUT2D eigenvalue weighted by Gasteiger charge is 2.38. The van der Waals surface area contributed by atoms with Gasteiger partial charge in [0.2, 0.25) is 0 Å². The fourth-order valence-electron chi connectivity index (χ4n) is 4.34. The number of esters is 1. The summed E-state index contributed by atoms with van der Waals surface area (Å²) in [5.41, 5.74) is 2.13. The van der Waals surface area contributed by atoms with Gasteiger partial charge in [0.1, 0.15) is 6.73 Å². The highest BCUT2D eigenvalue weighted by Crippen LogP contribution is 2.37. The number of hydrogen-bond acceptors (Lipinski definition) is 12. The third kappa shape index (κ3) is 9.67. The van der Waals surface area contributed by atoms with Crippen molar-refractivity contribution < 1.29 is 23.4 Å². The monoisotopic (exact) mass is 730 g/mol. The number of aromatic nitrogens is 4. The van der Waals surface area contributed by atoms with Gasteiger partial charge >= 0.3 is 5.97 Å². The van der Waals surface area contributed by atoms with Crippen molar-refractivity contribution in [3.8, 4) is 0 Å². The Hall–Kier alpha value is -2.80. The van der Waals surface area contributed by atoms with Gasteiger partial charge in [0, 0.05) is 27.2 Å². The van der Waals surface area contributed by atoms with E-state index in [0.717, 1.165) is 26.6 Å². The van der Waals surface area contributed by atoms with Gasteiger partial charge in [0.05, 0.1) is 36.6 Å². The molecule has 48 heavy (non-hydrogen) atoms. The van der Waals surface area contributed by atoms with Gasteiger partial charge in [-0.1, -0.05) is 63.9 Å². The predicted octanol–water partition coefficient (Wildman–Crippen LogP) is 7.76. The highest BCUT2D eigenvalue weighted by atomic mass is 32.1. The Balaban J connectivity index is 1.67. The summed E-state index contributed by atoms with van der Waals surface area (Å²) in [7, 11) is -0.216. The molecule has 0 fully saturated rings. The van der Waals surface area contributed by atoms with Gasteiger partial charge in [-0.05, 0) is 54.9 Å². The first-order chi connectivity index (χ1) is 22.5. The molecule has 0 bridgehead atoms.